The van der Waals surface area contributed by atoms with Crippen LogP contribution >= 0.6 is 0 Å². The summed E-state index contributed by atoms with van der Waals surface area (Å²) in [5.74, 6) is 0. The van der Waals surface area contributed by atoms with Gasteiger partial charge in [-0.15, -0.1) is 10.2 Å². The first kappa shape index (κ1) is 11.3. The number of aromatic amines is 1. The highest BCUT2D eigenvalue weighted by Crippen LogP contribution is 2.24. The van der Waals surface area contributed by atoms with Gasteiger partial charge in [0.25, 0.3) is 0 Å². The third-order valence-corrected chi connectivity index (χ3v) is 2.82. The Morgan fingerprint density at radius 1 is 0.632 bits per heavy atom. The lowest BCUT2D eigenvalue weighted by Crippen LogP contribution is -1.78. The molecule has 2 heterocycles. The molecule has 0 amide bonds. The Kier molecular flexibility index (Phi) is 3.14. The summed E-state index contributed by atoms with van der Waals surface area (Å²) in [7, 11) is 0. The van der Waals surface area contributed by atoms with E-state index in [-0.39, 0.29) is 0 Å². The highest BCUT2D eigenvalue weighted by molar-refractivity contribution is 6.06. The van der Waals surface area contributed by atoms with E-state index in [4.69, 9.17) is 0 Å². The van der Waals surface area contributed by atoms with Crippen LogP contribution < -0.4 is 0 Å². The second kappa shape index (κ2) is 5.27. The first-order chi connectivity index (χ1) is 9.45. The maximum atomic E-state index is 3.42. The van der Waals surface area contributed by atoms with Crippen molar-refractivity contribution < 1.29 is 0 Å². The van der Waals surface area contributed by atoms with Crippen LogP contribution in [0.5, 0.6) is 0 Å². The average Bonchev–Trinajstić information content (AvgIpc) is 2.88. The molecule has 4 nitrogen and oxygen atoms in total. The molecule has 0 aliphatic rings. The molecule has 0 bridgehead atoms. The van der Waals surface area contributed by atoms with Gasteiger partial charge in [-0.2, -0.15) is 0 Å². The molecule has 92 valence electrons. The number of rotatable bonds is 0. The van der Waals surface area contributed by atoms with Crippen LogP contribution in [-0.4, -0.2) is 20.4 Å². The fraction of sp³-hybridized carbons (Fsp3) is 0. The first-order valence-corrected chi connectivity index (χ1v) is 5.99. The zero-order chi connectivity index (χ0) is 12.9. The number of para-hydroxylation sites is 2. The second-order valence-corrected chi connectivity index (χ2v) is 4.03. The van der Waals surface area contributed by atoms with Gasteiger partial charge >= 0.3 is 0 Å². The fourth-order valence-corrected chi connectivity index (χ4v) is 2.00. The van der Waals surface area contributed by atoms with Gasteiger partial charge in [0.15, 0.2) is 0 Å². The van der Waals surface area contributed by atoms with Crippen molar-refractivity contribution in [3.8, 4) is 0 Å². The van der Waals surface area contributed by atoms with Crippen molar-refractivity contribution >= 4 is 21.8 Å². The largest absolute Gasteiger partial charge is 0.355 e. The van der Waals surface area contributed by atoms with Crippen molar-refractivity contribution in [2.75, 3.05) is 0 Å². The Morgan fingerprint density at radius 3 is 1.58 bits per heavy atom. The van der Waals surface area contributed by atoms with Gasteiger partial charge in [0.05, 0.1) is 12.4 Å². The van der Waals surface area contributed by atoms with E-state index in [1.165, 1.54) is 21.8 Å². The standard InChI is InChI=1S/C12H9N.C3H3N3/c1-3-7-11-9(5-1)10-6-2-4-8-12(10)13-11;1-2-4-6-5-3-1/h1-8,13H;1-3H. The Hall–Kier alpha value is -2.75. The van der Waals surface area contributed by atoms with E-state index in [2.05, 4.69) is 68.9 Å². The van der Waals surface area contributed by atoms with Crippen LogP contribution in [0, 0.1) is 0 Å². The number of nitrogens with one attached hydrogen (secondary N) is 1. The minimum Gasteiger partial charge on any atom is -0.355 e. The van der Waals surface area contributed by atoms with Crippen molar-refractivity contribution in [1.82, 2.24) is 20.4 Å². The van der Waals surface area contributed by atoms with Gasteiger partial charge in [0, 0.05) is 21.8 Å². The summed E-state index contributed by atoms with van der Waals surface area (Å²) >= 11 is 0. The van der Waals surface area contributed by atoms with Crippen molar-refractivity contribution in [2.24, 2.45) is 0 Å². The summed E-state index contributed by atoms with van der Waals surface area (Å²) in [5, 5.41) is 12.7. The van der Waals surface area contributed by atoms with E-state index >= 15 is 0 Å². The molecule has 19 heavy (non-hydrogen) atoms. The molecular formula is C15H12N4. The smallest absolute Gasteiger partial charge is 0.0529 e. The normalized spacial score (nSPS) is 10.1. The van der Waals surface area contributed by atoms with Crippen LogP contribution in [-0.2, 0) is 0 Å². The third-order valence-electron chi connectivity index (χ3n) is 2.82. The van der Waals surface area contributed by atoms with Gasteiger partial charge in [-0.3, -0.25) is 0 Å². The monoisotopic (exact) mass is 248 g/mol. The first-order valence-electron chi connectivity index (χ1n) is 5.99. The molecule has 0 spiro atoms. The molecule has 0 aliphatic heterocycles. The molecular weight excluding hydrogens is 236 g/mol. The van der Waals surface area contributed by atoms with Crippen LogP contribution in [0.25, 0.3) is 21.8 Å². The fourth-order valence-electron chi connectivity index (χ4n) is 2.00. The number of nitrogens with zero attached hydrogens (tertiary/aromatic N) is 3. The predicted molar refractivity (Wildman–Crippen MR) is 75.6 cm³/mol. The molecule has 2 aromatic carbocycles. The average molecular weight is 248 g/mol. The molecule has 0 saturated heterocycles. The molecule has 4 rings (SSSR count). The minimum absolute atomic E-state index is 1.21. The zero-order valence-electron chi connectivity index (χ0n) is 10.2. The summed E-state index contributed by atoms with van der Waals surface area (Å²) in [6.07, 6.45) is 3.15. The number of aromatic nitrogens is 4. The van der Waals surface area contributed by atoms with Gasteiger partial charge in [-0.1, -0.05) is 36.4 Å². The number of hydrogen-bond donors (Lipinski definition) is 1. The van der Waals surface area contributed by atoms with Gasteiger partial charge in [-0.25, -0.2) is 0 Å². The lowest BCUT2D eigenvalue weighted by Gasteiger charge is -1.87. The lowest BCUT2D eigenvalue weighted by molar-refractivity contribution is 0.865. The highest BCUT2D eigenvalue weighted by atomic mass is 15.3. The topological polar surface area (TPSA) is 54.5 Å². The van der Waals surface area contributed by atoms with Crippen molar-refractivity contribution in [2.45, 2.75) is 0 Å². The molecule has 4 aromatic rings. The van der Waals surface area contributed by atoms with Gasteiger partial charge in [-0.05, 0) is 23.4 Å². The number of benzene rings is 2. The summed E-state index contributed by atoms with van der Waals surface area (Å²) < 4.78 is 0. The number of H-pyrrole nitrogens is 1. The van der Waals surface area contributed by atoms with Crippen LogP contribution in [0.1, 0.15) is 0 Å². The molecule has 2 aromatic heterocycles. The summed E-state index contributed by atoms with van der Waals surface area (Å²) in [4.78, 5) is 3.38. The lowest BCUT2D eigenvalue weighted by atomic mass is 10.2. The van der Waals surface area contributed by atoms with E-state index in [0.717, 1.165) is 0 Å². The van der Waals surface area contributed by atoms with E-state index < -0.39 is 0 Å². The Balaban J connectivity index is 0.000000155. The SMILES string of the molecule is c1ccc2c(c1)[nH]c1ccccc12.c1cnnnc1. The molecule has 0 atom stereocenters. The Bertz CT molecular complexity index is 701. The van der Waals surface area contributed by atoms with Crippen LogP contribution in [0.4, 0.5) is 0 Å². The van der Waals surface area contributed by atoms with Gasteiger partial charge < -0.3 is 4.98 Å². The van der Waals surface area contributed by atoms with Crippen molar-refractivity contribution in [1.29, 1.82) is 0 Å². The summed E-state index contributed by atoms with van der Waals surface area (Å²) in [6.45, 7) is 0. The van der Waals surface area contributed by atoms with Gasteiger partial charge in [0.1, 0.15) is 0 Å². The van der Waals surface area contributed by atoms with E-state index in [1.54, 1.807) is 18.5 Å². The maximum Gasteiger partial charge on any atom is 0.0529 e. The molecule has 0 fully saturated rings. The number of fused-ring (bicyclic) bond motifs is 3. The van der Waals surface area contributed by atoms with Crippen LogP contribution in [0.3, 0.4) is 0 Å². The van der Waals surface area contributed by atoms with E-state index in [1.807, 2.05) is 0 Å². The summed E-state index contributed by atoms with van der Waals surface area (Å²) in [6, 6.07) is 18.5. The number of hydrogen-bond acceptors (Lipinski definition) is 3. The molecule has 0 radical (unpaired) electrons. The minimum atomic E-state index is 1.21. The van der Waals surface area contributed by atoms with Crippen LogP contribution in [0.2, 0.25) is 0 Å². The molecule has 0 unspecified atom stereocenters. The van der Waals surface area contributed by atoms with E-state index in [9.17, 15) is 0 Å². The quantitative estimate of drug-likeness (QED) is 0.520. The zero-order valence-corrected chi connectivity index (χ0v) is 10.2. The molecule has 4 heteroatoms. The second-order valence-electron chi connectivity index (χ2n) is 4.03. The van der Waals surface area contributed by atoms with Gasteiger partial charge in [0.2, 0.25) is 0 Å². The molecule has 1 N–H and O–H groups in total. The maximum absolute atomic E-state index is 3.42. The van der Waals surface area contributed by atoms with E-state index in [0.29, 0.717) is 0 Å². The highest BCUT2D eigenvalue weighted by Gasteiger charge is 2.00. The third kappa shape index (κ3) is 2.42. The van der Waals surface area contributed by atoms with Crippen molar-refractivity contribution in [3.05, 3.63) is 67.0 Å². The predicted octanol–water partition coefficient (Wildman–Crippen LogP) is 3.19. The Labute approximate surface area is 110 Å². The Morgan fingerprint density at radius 2 is 1.16 bits per heavy atom. The van der Waals surface area contributed by atoms with Crippen molar-refractivity contribution in [3.63, 3.8) is 0 Å². The summed E-state index contributed by atoms with van der Waals surface area (Å²) in [5.41, 5.74) is 2.42. The molecule has 0 aliphatic carbocycles. The van der Waals surface area contributed by atoms with Crippen LogP contribution in [0.15, 0.2) is 67.0 Å². The molecule has 0 saturated carbocycles.